The minimum Gasteiger partial charge on any atom is -0.316 e. The molecular weight excluding hydrogens is 196 g/mol. The van der Waals surface area contributed by atoms with Crippen molar-refractivity contribution in [2.24, 2.45) is 5.92 Å². The number of hydrogen-bond acceptors (Lipinski definition) is 3. The number of piperidine rings is 1. The SMILES string of the molecule is CS(=O)CCCNCC1CCCNC1. The van der Waals surface area contributed by atoms with Crippen LogP contribution in [0.25, 0.3) is 0 Å². The lowest BCUT2D eigenvalue weighted by atomic mass is 10.00. The number of rotatable bonds is 6. The molecule has 2 unspecified atom stereocenters. The highest BCUT2D eigenvalue weighted by Gasteiger charge is 2.11. The molecule has 0 amide bonds. The van der Waals surface area contributed by atoms with Gasteiger partial charge in [0.1, 0.15) is 0 Å². The van der Waals surface area contributed by atoms with E-state index in [1.165, 1.54) is 19.4 Å². The van der Waals surface area contributed by atoms with Crippen LogP contribution in [0.3, 0.4) is 0 Å². The Morgan fingerprint density at radius 2 is 2.43 bits per heavy atom. The van der Waals surface area contributed by atoms with Crippen molar-refractivity contribution >= 4 is 10.8 Å². The number of hydrogen-bond donors (Lipinski definition) is 2. The molecule has 1 heterocycles. The standard InChI is InChI=1S/C10H22N2OS/c1-14(13)7-3-6-12-9-10-4-2-5-11-8-10/h10-12H,2-9H2,1H3. The van der Waals surface area contributed by atoms with Gasteiger partial charge in [0.05, 0.1) is 0 Å². The first-order valence-corrected chi connectivity index (χ1v) is 7.23. The van der Waals surface area contributed by atoms with Crippen molar-refractivity contribution in [2.75, 3.05) is 38.2 Å². The van der Waals surface area contributed by atoms with E-state index in [9.17, 15) is 4.21 Å². The van der Waals surface area contributed by atoms with Crippen LogP contribution in [0.1, 0.15) is 19.3 Å². The van der Waals surface area contributed by atoms with Crippen LogP contribution in [0.15, 0.2) is 0 Å². The summed E-state index contributed by atoms with van der Waals surface area (Å²) in [4.78, 5) is 0. The molecule has 2 N–H and O–H groups in total. The van der Waals surface area contributed by atoms with Gasteiger partial charge in [-0.15, -0.1) is 0 Å². The second-order valence-electron chi connectivity index (χ2n) is 4.05. The molecule has 84 valence electrons. The summed E-state index contributed by atoms with van der Waals surface area (Å²) in [5.41, 5.74) is 0. The maximum atomic E-state index is 10.8. The van der Waals surface area contributed by atoms with Gasteiger partial charge in [-0.25, -0.2) is 0 Å². The first-order chi connectivity index (χ1) is 6.79. The summed E-state index contributed by atoms with van der Waals surface area (Å²) in [6, 6.07) is 0. The fourth-order valence-electron chi connectivity index (χ4n) is 1.80. The van der Waals surface area contributed by atoms with Crippen molar-refractivity contribution in [1.29, 1.82) is 0 Å². The van der Waals surface area contributed by atoms with E-state index in [2.05, 4.69) is 10.6 Å². The maximum Gasteiger partial charge on any atom is 0.0244 e. The van der Waals surface area contributed by atoms with Crippen LogP contribution < -0.4 is 10.6 Å². The molecule has 0 radical (unpaired) electrons. The minimum atomic E-state index is -0.626. The van der Waals surface area contributed by atoms with Crippen LogP contribution in [0, 0.1) is 5.92 Å². The van der Waals surface area contributed by atoms with Gasteiger partial charge in [0.15, 0.2) is 0 Å². The van der Waals surface area contributed by atoms with Gasteiger partial charge in [-0.1, -0.05) is 0 Å². The zero-order valence-corrected chi connectivity index (χ0v) is 9.87. The maximum absolute atomic E-state index is 10.8. The van der Waals surface area contributed by atoms with Crippen molar-refractivity contribution in [2.45, 2.75) is 19.3 Å². The Morgan fingerprint density at radius 3 is 3.07 bits per heavy atom. The smallest absolute Gasteiger partial charge is 0.0244 e. The minimum absolute atomic E-state index is 0.626. The van der Waals surface area contributed by atoms with E-state index in [1.54, 1.807) is 6.26 Å². The Labute approximate surface area is 89.5 Å². The quantitative estimate of drug-likeness (QED) is 0.632. The van der Waals surface area contributed by atoms with Gasteiger partial charge in [0.25, 0.3) is 0 Å². The molecule has 0 bridgehead atoms. The predicted molar refractivity (Wildman–Crippen MR) is 62.0 cm³/mol. The fraction of sp³-hybridized carbons (Fsp3) is 1.00. The van der Waals surface area contributed by atoms with Crippen LogP contribution in [-0.4, -0.2) is 42.4 Å². The van der Waals surface area contributed by atoms with Gasteiger partial charge in [-0.3, -0.25) is 4.21 Å². The van der Waals surface area contributed by atoms with Gasteiger partial charge in [0.2, 0.25) is 0 Å². The van der Waals surface area contributed by atoms with E-state index in [0.717, 1.165) is 37.7 Å². The molecule has 1 aliphatic rings. The normalized spacial score (nSPS) is 24.8. The molecule has 0 aromatic carbocycles. The van der Waals surface area contributed by atoms with E-state index < -0.39 is 10.8 Å². The molecular formula is C10H22N2OS. The van der Waals surface area contributed by atoms with E-state index in [4.69, 9.17) is 0 Å². The predicted octanol–water partition coefficient (Wildman–Crippen LogP) is 0.344. The summed E-state index contributed by atoms with van der Waals surface area (Å²) in [6.07, 6.45) is 5.46. The summed E-state index contributed by atoms with van der Waals surface area (Å²) in [5.74, 6) is 1.63. The third kappa shape index (κ3) is 5.73. The lowest BCUT2D eigenvalue weighted by Crippen LogP contribution is -2.36. The monoisotopic (exact) mass is 218 g/mol. The molecule has 1 saturated heterocycles. The first-order valence-electron chi connectivity index (χ1n) is 5.50. The number of nitrogens with one attached hydrogen (secondary N) is 2. The topological polar surface area (TPSA) is 41.1 Å². The molecule has 1 rings (SSSR count). The Hall–Kier alpha value is 0.0700. The molecule has 14 heavy (non-hydrogen) atoms. The third-order valence-electron chi connectivity index (χ3n) is 2.62. The van der Waals surface area contributed by atoms with Crippen molar-refractivity contribution in [1.82, 2.24) is 10.6 Å². The molecule has 4 heteroatoms. The molecule has 2 atom stereocenters. The van der Waals surface area contributed by atoms with Gasteiger partial charge in [0, 0.05) is 22.8 Å². The zero-order valence-electron chi connectivity index (χ0n) is 9.05. The Balaban J connectivity index is 1.90. The van der Waals surface area contributed by atoms with Gasteiger partial charge >= 0.3 is 0 Å². The van der Waals surface area contributed by atoms with Crippen LogP contribution in [0.4, 0.5) is 0 Å². The van der Waals surface area contributed by atoms with Crippen LogP contribution in [0.5, 0.6) is 0 Å². The summed E-state index contributed by atoms with van der Waals surface area (Å²) < 4.78 is 10.8. The molecule has 0 spiro atoms. The van der Waals surface area contributed by atoms with Gasteiger partial charge in [-0.2, -0.15) is 0 Å². The molecule has 1 aliphatic heterocycles. The Morgan fingerprint density at radius 1 is 1.57 bits per heavy atom. The summed E-state index contributed by atoms with van der Waals surface area (Å²) in [5, 5.41) is 6.84. The highest BCUT2D eigenvalue weighted by atomic mass is 32.2. The average Bonchev–Trinajstić information content (AvgIpc) is 2.18. The van der Waals surface area contributed by atoms with Gasteiger partial charge in [-0.05, 0) is 51.4 Å². The van der Waals surface area contributed by atoms with E-state index in [1.807, 2.05) is 0 Å². The van der Waals surface area contributed by atoms with Crippen LogP contribution in [-0.2, 0) is 10.8 Å². The zero-order chi connectivity index (χ0) is 10.2. The summed E-state index contributed by atoms with van der Waals surface area (Å²) in [7, 11) is -0.626. The van der Waals surface area contributed by atoms with E-state index in [-0.39, 0.29) is 0 Å². The van der Waals surface area contributed by atoms with Crippen LogP contribution in [0.2, 0.25) is 0 Å². The van der Waals surface area contributed by atoms with E-state index >= 15 is 0 Å². The van der Waals surface area contributed by atoms with Crippen molar-refractivity contribution in [3.05, 3.63) is 0 Å². The first kappa shape index (κ1) is 12.1. The molecule has 0 aromatic rings. The Bertz CT molecular complexity index is 170. The third-order valence-corrected chi connectivity index (χ3v) is 3.48. The second-order valence-corrected chi connectivity index (χ2v) is 5.60. The highest BCUT2D eigenvalue weighted by Crippen LogP contribution is 2.07. The lowest BCUT2D eigenvalue weighted by molar-refractivity contribution is 0.361. The average molecular weight is 218 g/mol. The summed E-state index contributed by atoms with van der Waals surface area (Å²) >= 11 is 0. The molecule has 0 saturated carbocycles. The molecule has 1 fully saturated rings. The lowest BCUT2D eigenvalue weighted by Gasteiger charge is -2.22. The highest BCUT2D eigenvalue weighted by molar-refractivity contribution is 7.84. The van der Waals surface area contributed by atoms with Gasteiger partial charge < -0.3 is 10.6 Å². The van der Waals surface area contributed by atoms with Crippen molar-refractivity contribution in [3.63, 3.8) is 0 Å². The second kappa shape index (κ2) is 7.37. The van der Waals surface area contributed by atoms with Crippen molar-refractivity contribution < 1.29 is 4.21 Å². The largest absolute Gasteiger partial charge is 0.316 e. The Kier molecular flexibility index (Phi) is 6.39. The summed E-state index contributed by atoms with van der Waals surface area (Å²) in [6.45, 7) is 4.47. The molecule has 0 aliphatic carbocycles. The van der Waals surface area contributed by atoms with E-state index in [0.29, 0.717) is 0 Å². The van der Waals surface area contributed by atoms with Crippen molar-refractivity contribution in [3.8, 4) is 0 Å². The molecule has 3 nitrogen and oxygen atoms in total. The fourth-order valence-corrected chi connectivity index (χ4v) is 2.36. The molecule has 0 aromatic heterocycles. The van der Waals surface area contributed by atoms with Crippen LogP contribution >= 0.6 is 0 Å².